The standard InChI is InChI=1S/C13H17NO6/c1-20-13(19)8(15)5-14-11(16)9-6-2-3-7(4-6)10(9)12(17)18/h2-3,6-10,15H,4-5H2,1H3,(H,14,16)(H,17,18)/t6?,7?,8?,9-,10+/m0/s1. The number of hydrogen-bond acceptors (Lipinski definition) is 5. The zero-order valence-corrected chi connectivity index (χ0v) is 11.0. The SMILES string of the molecule is COC(=O)C(O)CNC(=O)[C@H]1C2C=CC(C2)[C@H]1C(=O)O. The number of methoxy groups -OCH3 is 1. The highest BCUT2D eigenvalue weighted by molar-refractivity contribution is 5.87. The largest absolute Gasteiger partial charge is 0.481 e. The molecule has 2 rings (SSSR count). The molecule has 0 aromatic heterocycles. The first-order valence-corrected chi connectivity index (χ1v) is 6.40. The number of ether oxygens (including phenoxy) is 1. The van der Waals surface area contributed by atoms with E-state index in [0.29, 0.717) is 6.42 Å². The number of rotatable bonds is 5. The highest BCUT2D eigenvalue weighted by atomic mass is 16.5. The second kappa shape index (κ2) is 5.62. The Morgan fingerprint density at radius 3 is 2.45 bits per heavy atom. The number of aliphatic hydroxyl groups excluding tert-OH is 1. The zero-order chi connectivity index (χ0) is 14.9. The highest BCUT2D eigenvalue weighted by Gasteiger charge is 2.51. The van der Waals surface area contributed by atoms with Crippen LogP contribution in [0.15, 0.2) is 12.2 Å². The van der Waals surface area contributed by atoms with Crippen LogP contribution in [0.3, 0.4) is 0 Å². The summed E-state index contributed by atoms with van der Waals surface area (Å²) >= 11 is 0. The van der Waals surface area contributed by atoms with E-state index in [1.165, 1.54) is 0 Å². The number of fused-ring (bicyclic) bond motifs is 2. The van der Waals surface area contributed by atoms with E-state index in [1.807, 2.05) is 12.2 Å². The number of carbonyl (C=O) groups excluding carboxylic acids is 2. The van der Waals surface area contributed by atoms with E-state index < -0.39 is 35.8 Å². The van der Waals surface area contributed by atoms with E-state index in [4.69, 9.17) is 0 Å². The number of carboxylic acids is 1. The van der Waals surface area contributed by atoms with Crippen molar-refractivity contribution in [2.75, 3.05) is 13.7 Å². The summed E-state index contributed by atoms with van der Waals surface area (Å²) in [4.78, 5) is 34.4. The first-order valence-electron chi connectivity index (χ1n) is 6.40. The molecule has 3 unspecified atom stereocenters. The molecule has 20 heavy (non-hydrogen) atoms. The van der Waals surface area contributed by atoms with Crippen LogP contribution in [0.5, 0.6) is 0 Å². The third-order valence-corrected chi connectivity index (χ3v) is 3.99. The minimum atomic E-state index is -1.44. The maximum Gasteiger partial charge on any atom is 0.336 e. The van der Waals surface area contributed by atoms with Gasteiger partial charge in [0.1, 0.15) is 0 Å². The maximum absolute atomic E-state index is 12.1. The normalized spacial score (nSPS) is 31.9. The molecule has 3 N–H and O–H groups in total. The maximum atomic E-state index is 12.1. The van der Waals surface area contributed by atoms with Gasteiger partial charge < -0.3 is 20.3 Å². The van der Waals surface area contributed by atoms with Gasteiger partial charge in [-0.15, -0.1) is 0 Å². The van der Waals surface area contributed by atoms with Crippen LogP contribution in [0, 0.1) is 23.7 Å². The van der Waals surface area contributed by atoms with Gasteiger partial charge in [0.05, 0.1) is 25.5 Å². The average molecular weight is 283 g/mol. The van der Waals surface area contributed by atoms with Gasteiger partial charge in [0.15, 0.2) is 6.10 Å². The van der Waals surface area contributed by atoms with Crippen LogP contribution in [0.25, 0.3) is 0 Å². The van der Waals surface area contributed by atoms with Gasteiger partial charge in [0, 0.05) is 0 Å². The van der Waals surface area contributed by atoms with Gasteiger partial charge in [-0.05, 0) is 18.3 Å². The Hall–Kier alpha value is -1.89. The lowest BCUT2D eigenvalue weighted by atomic mass is 9.82. The van der Waals surface area contributed by atoms with E-state index in [2.05, 4.69) is 10.1 Å². The smallest absolute Gasteiger partial charge is 0.336 e. The first kappa shape index (κ1) is 14.5. The third kappa shape index (κ3) is 2.53. The Balaban J connectivity index is 1.97. The molecule has 2 aliphatic carbocycles. The van der Waals surface area contributed by atoms with Crippen LogP contribution in [0.2, 0.25) is 0 Å². The van der Waals surface area contributed by atoms with Crippen LogP contribution in [0.1, 0.15) is 6.42 Å². The molecule has 0 aromatic carbocycles. The summed E-state index contributed by atoms with van der Waals surface area (Å²) in [5.74, 6) is -3.86. The van der Waals surface area contributed by atoms with E-state index in [1.54, 1.807) is 0 Å². The van der Waals surface area contributed by atoms with Gasteiger partial charge in [-0.25, -0.2) is 4.79 Å². The molecular formula is C13H17NO6. The van der Waals surface area contributed by atoms with E-state index in [9.17, 15) is 24.6 Å². The summed E-state index contributed by atoms with van der Waals surface area (Å²) < 4.78 is 4.33. The second-order valence-corrected chi connectivity index (χ2v) is 5.12. The molecule has 0 radical (unpaired) electrons. The number of carboxylic acid groups (broad SMARTS) is 1. The summed E-state index contributed by atoms with van der Waals surface area (Å²) in [6.07, 6.45) is 2.93. The highest BCUT2D eigenvalue weighted by Crippen LogP contribution is 2.48. The van der Waals surface area contributed by atoms with Crippen LogP contribution >= 0.6 is 0 Å². The molecule has 0 aliphatic heterocycles. The number of aliphatic carboxylic acids is 1. The molecule has 1 fully saturated rings. The minimum absolute atomic E-state index is 0.0867. The van der Waals surface area contributed by atoms with Crippen molar-refractivity contribution < 1.29 is 29.3 Å². The molecule has 0 spiro atoms. The Morgan fingerprint density at radius 1 is 1.30 bits per heavy atom. The fourth-order valence-corrected chi connectivity index (χ4v) is 3.05. The molecule has 2 aliphatic rings. The fourth-order valence-electron chi connectivity index (χ4n) is 3.05. The Kier molecular flexibility index (Phi) is 4.08. The molecule has 1 saturated carbocycles. The number of allylic oxidation sites excluding steroid dienone is 2. The lowest BCUT2D eigenvalue weighted by Gasteiger charge is -2.24. The quantitative estimate of drug-likeness (QED) is 0.448. The van der Waals surface area contributed by atoms with Crippen molar-refractivity contribution in [3.63, 3.8) is 0 Å². The van der Waals surface area contributed by atoms with E-state index in [0.717, 1.165) is 7.11 Å². The summed E-state index contributed by atoms with van der Waals surface area (Å²) in [6, 6.07) is 0. The summed E-state index contributed by atoms with van der Waals surface area (Å²) in [5, 5.41) is 21.0. The van der Waals surface area contributed by atoms with Crippen LogP contribution < -0.4 is 5.32 Å². The van der Waals surface area contributed by atoms with Crippen molar-refractivity contribution in [3.05, 3.63) is 12.2 Å². The van der Waals surface area contributed by atoms with Gasteiger partial charge in [0.2, 0.25) is 5.91 Å². The number of nitrogens with one attached hydrogen (secondary N) is 1. The van der Waals surface area contributed by atoms with E-state index in [-0.39, 0.29) is 18.4 Å². The number of carbonyl (C=O) groups is 3. The van der Waals surface area contributed by atoms with Gasteiger partial charge in [-0.2, -0.15) is 0 Å². The summed E-state index contributed by atoms with van der Waals surface area (Å²) in [6.45, 7) is -0.282. The molecular weight excluding hydrogens is 266 g/mol. The number of aliphatic hydroxyl groups is 1. The van der Waals surface area contributed by atoms with Crippen molar-refractivity contribution in [3.8, 4) is 0 Å². The molecule has 110 valence electrons. The number of esters is 1. The number of amides is 1. The lowest BCUT2D eigenvalue weighted by Crippen LogP contribution is -2.44. The molecule has 0 saturated heterocycles. The molecule has 0 aromatic rings. The third-order valence-electron chi connectivity index (χ3n) is 3.99. The predicted octanol–water partition coefficient (Wildman–Crippen LogP) is -0.841. The molecule has 5 atom stereocenters. The molecule has 0 heterocycles. The Bertz CT molecular complexity index is 460. The minimum Gasteiger partial charge on any atom is -0.481 e. The first-order chi connectivity index (χ1) is 9.45. The Morgan fingerprint density at radius 2 is 1.90 bits per heavy atom. The molecule has 7 nitrogen and oxygen atoms in total. The Labute approximate surface area is 115 Å². The van der Waals surface area contributed by atoms with Gasteiger partial charge in [-0.1, -0.05) is 12.2 Å². The monoisotopic (exact) mass is 283 g/mol. The molecule has 2 bridgehead atoms. The average Bonchev–Trinajstić information content (AvgIpc) is 3.03. The zero-order valence-electron chi connectivity index (χ0n) is 11.0. The second-order valence-electron chi connectivity index (χ2n) is 5.12. The number of hydrogen-bond donors (Lipinski definition) is 3. The van der Waals surface area contributed by atoms with Crippen molar-refractivity contribution in [2.45, 2.75) is 12.5 Å². The molecule has 1 amide bonds. The van der Waals surface area contributed by atoms with Crippen molar-refractivity contribution in [1.29, 1.82) is 0 Å². The van der Waals surface area contributed by atoms with Gasteiger partial charge >= 0.3 is 11.9 Å². The summed E-state index contributed by atoms with van der Waals surface area (Å²) in [7, 11) is 1.13. The fraction of sp³-hybridized carbons (Fsp3) is 0.615. The van der Waals surface area contributed by atoms with Crippen LogP contribution in [-0.2, 0) is 19.1 Å². The van der Waals surface area contributed by atoms with Gasteiger partial charge in [-0.3, -0.25) is 9.59 Å². The van der Waals surface area contributed by atoms with E-state index >= 15 is 0 Å². The van der Waals surface area contributed by atoms with Crippen molar-refractivity contribution in [1.82, 2.24) is 5.32 Å². The predicted molar refractivity (Wildman–Crippen MR) is 66.4 cm³/mol. The summed E-state index contributed by atoms with van der Waals surface area (Å²) in [5.41, 5.74) is 0. The lowest BCUT2D eigenvalue weighted by molar-refractivity contribution is -0.151. The van der Waals surface area contributed by atoms with Crippen LogP contribution in [0.4, 0.5) is 0 Å². The topological polar surface area (TPSA) is 113 Å². The van der Waals surface area contributed by atoms with Gasteiger partial charge in [0.25, 0.3) is 0 Å². The van der Waals surface area contributed by atoms with Crippen LogP contribution in [-0.4, -0.2) is 47.8 Å². The van der Waals surface area contributed by atoms with Crippen molar-refractivity contribution >= 4 is 17.8 Å². The van der Waals surface area contributed by atoms with Crippen molar-refractivity contribution in [2.24, 2.45) is 23.7 Å². The molecule has 7 heteroatoms.